The fourth-order valence-corrected chi connectivity index (χ4v) is 2.88. The molecular formula is C20H24N2O2. The van der Waals surface area contributed by atoms with Crippen molar-refractivity contribution in [1.82, 2.24) is 4.90 Å². The third kappa shape index (κ3) is 4.15. The Morgan fingerprint density at radius 1 is 1.04 bits per heavy atom. The Kier molecular flexibility index (Phi) is 5.49. The fourth-order valence-electron chi connectivity index (χ4n) is 2.88. The SMILES string of the molecule is O=C(Nc1ccccc1-c1ccccc1)N(CCCCO)C1CC1. The van der Waals surface area contributed by atoms with Crippen LogP contribution in [0, 0.1) is 0 Å². The minimum Gasteiger partial charge on any atom is -0.396 e. The maximum absolute atomic E-state index is 12.7. The van der Waals surface area contributed by atoms with E-state index in [4.69, 9.17) is 5.11 Å². The van der Waals surface area contributed by atoms with E-state index in [0.717, 1.165) is 42.5 Å². The highest BCUT2D eigenvalue weighted by Crippen LogP contribution is 2.30. The molecule has 0 radical (unpaired) electrons. The zero-order valence-corrected chi connectivity index (χ0v) is 13.8. The van der Waals surface area contributed by atoms with Gasteiger partial charge in [0.1, 0.15) is 0 Å². The second kappa shape index (κ2) is 7.97. The molecule has 0 heterocycles. The van der Waals surface area contributed by atoms with Crippen LogP contribution < -0.4 is 5.32 Å². The number of aliphatic hydroxyl groups is 1. The van der Waals surface area contributed by atoms with Crippen molar-refractivity contribution in [3.63, 3.8) is 0 Å². The molecule has 4 heteroatoms. The number of rotatable bonds is 7. The van der Waals surface area contributed by atoms with Crippen molar-refractivity contribution >= 4 is 11.7 Å². The maximum Gasteiger partial charge on any atom is 0.322 e. The van der Waals surface area contributed by atoms with Crippen LogP contribution in [0.3, 0.4) is 0 Å². The summed E-state index contributed by atoms with van der Waals surface area (Å²) in [6, 6.07) is 18.3. The monoisotopic (exact) mass is 324 g/mol. The number of para-hydroxylation sites is 1. The van der Waals surface area contributed by atoms with Crippen LogP contribution in [0.5, 0.6) is 0 Å². The lowest BCUT2D eigenvalue weighted by atomic mass is 10.0. The molecule has 2 aromatic carbocycles. The number of hydrogen-bond acceptors (Lipinski definition) is 2. The number of urea groups is 1. The maximum atomic E-state index is 12.7. The number of carbonyl (C=O) groups excluding carboxylic acids is 1. The highest BCUT2D eigenvalue weighted by molar-refractivity contribution is 5.94. The summed E-state index contributed by atoms with van der Waals surface area (Å²) in [7, 11) is 0. The van der Waals surface area contributed by atoms with E-state index in [9.17, 15) is 4.79 Å². The minimum atomic E-state index is -0.0428. The van der Waals surface area contributed by atoms with Crippen molar-refractivity contribution in [3.05, 3.63) is 54.6 Å². The first-order chi connectivity index (χ1) is 11.8. The molecule has 126 valence electrons. The fraction of sp³-hybridized carbons (Fsp3) is 0.350. The standard InChI is InChI=1S/C20H24N2O2/c23-15-7-6-14-22(17-12-13-17)20(24)21-19-11-5-4-10-18(19)16-8-2-1-3-9-16/h1-5,8-11,17,23H,6-7,12-15H2,(H,21,24). The summed E-state index contributed by atoms with van der Waals surface area (Å²) in [4.78, 5) is 14.6. The molecule has 1 saturated carbocycles. The van der Waals surface area contributed by atoms with Crippen LogP contribution in [0.25, 0.3) is 11.1 Å². The Morgan fingerprint density at radius 3 is 2.46 bits per heavy atom. The van der Waals surface area contributed by atoms with Gasteiger partial charge < -0.3 is 15.3 Å². The van der Waals surface area contributed by atoms with Crippen molar-refractivity contribution in [2.75, 3.05) is 18.5 Å². The molecule has 0 aromatic heterocycles. The second-order valence-electron chi connectivity index (χ2n) is 6.20. The Bertz CT molecular complexity index is 668. The first kappa shape index (κ1) is 16.5. The van der Waals surface area contributed by atoms with Crippen LogP contribution in [-0.2, 0) is 0 Å². The number of hydrogen-bond donors (Lipinski definition) is 2. The van der Waals surface area contributed by atoms with E-state index in [1.165, 1.54) is 0 Å². The number of amides is 2. The summed E-state index contributed by atoms with van der Waals surface area (Å²) in [6.45, 7) is 0.877. The molecule has 0 spiro atoms. The first-order valence-electron chi connectivity index (χ1n) is 8.62. The molecule has 0 atom stereocenters. The molecule has 4 nitrogen and oxygen atoms in total. The molecule has 1 aliphatic rings. The molecule has 0 saturated heterocycles. The van der Waals surface area contributed by atoms with Crippen molar-refractivity contribution in [2.45, 2.75) is 31.7 Å². The van der Waals surface area contributed by atoms with Crippen LogP contribution in [0.2, 0.25) is 0 Å². The molecule has 3 rings (SSSR count). The van der Waals surface area contributed by atoms with Gasteiger partial charge in [0, 0.05) is 24.8 Å². The van der Waals surface area contributed by atoms with Gasteiger partial charge >= 0.3 is 6.03 Å². The van der Waals surface area contributed by atoms with Gasteiger partial charge in [-0.05, 0) is 37.3 Å². The molecule has 2 aromatic rings. The first-order valence-corrected chi connectivity index (χ1v) is 8.62. The lowest BCUT2D eigenvalue weighted by Crippen LogP contribution is -2.37. The topological polar surface area (TPSA) is 52.6 Å². The minimum absolute atomic E-state index is 0.0428. The number of nitrogens with zero attached hydrogens (tertiary/aromatic N) is 1. The molecule has 2 N–H and O–H groups in total. The van der Waals surface area contributed by atoms with Crippen molar-refractivity contribution in [3.8, 4) is 11.1 Å². The summed E-state index contributed by atoms with van der Waals surface area (Å²) < 4.78 is 0. The summed E-state index contributed by atoms with van der Waals surface area (Å²) in [6.07, 6.45) is 3.72. The van der Waals surface area contributed by atoms with E-state index in [1.54, 1.807) is 0 Å². The van der Waals surface area contributed by atoms with Gasteiger partial charge in [-0.3, -0.25) is 0 Å². The molecule has 24 heavy (non-hydrogen) atoms. The average molecular weight is 324 g/mol. The predicted molar refractivity (Wildman–Crippen MR) is 96.9 cm³/mol. The van der Waals surface area contributed by atoms with Crippen LogP contribution in [0.15, 0.2) is 54.6 Å². The summed E-state index contributed by atoms with van der Waals surface area (Å²) in [5, 5.41) is 12.0. The smallest absolute Gasteiger partial charge is 0.322 e. The Balaban J connectivity index is 1.74. The molecule has 0 bridgehead atoms. The molecule has 2 amide bonds. The van der Waals surface area contributed by atoms with Gasteiger partial charge in [0.15, 0.2) is 0 Å². The Morgan fingerprint density at radius 2 is 1.75 bits per heavy atom. The van der Waals surface area contributed by atoms with Crippen molar-refractivity contribution < 1.29 is 9.90 Å². The van der Waals surface area contributed by atoms with Gasteiger partial charge in [-0.1, -0.05) is 48.5 Å². The van der Waals surface area contributed by atoms with Gasteiger partial charge in [0.05, 0.1) is 5.69 Å². The molecule has 1 fully saturated rings. The largest absolute Gasteiger partial charge is 0.396 e. The third-order valence-electron chi connectivity index (χ3n) is 4.31. The normalized spacial score (nSPS) is 13.5. The average Bonchev–Trinajstić information content (AvgIpc) is 3.45. The van der Waals surface area contributed by atoms with Crippen LogP contribution in [0.1, 0.15) is 25.7 Å². The predicted octanol–water partition coefficient (Wildman–Crippen LogP) is 4.12. The number of benzene rings is 2. The highest BCUT2D eigenvalue weighted by Gasteiger charge is 2.32. The summed E-state index contributed by atoms with van der Waals surface area (Å²) >= 11 is 0. The van der Waals surface area contributed by atoms with E-state index in [1.807, 2.05) is 59.5 Å². The molecule has 0 aliphatic heterocycles. The lowest BCUT2D eigenvalue weighted by Gasteiger charge is -2.23. The van der Waals surface area contributed by atoms with Crippen LogP contribution in [-0.4, -0.2) is 35.2 Å². The summed E-state index contributed by atoms with van der Waals surface area (Å²) in [5.41, 5.74) is 2.95. The zero-order valence-electron chi connectivity index (χ0n) is 13.8. The van der Waals surface area contributed by atoms with E-state index in [2.05, 4.69) is 5.32 Å². The molecular weight excluding hydrogens is 300 g/mol. The summed E-state index contributed by atoms with van der Waals surface area (Å²) in [5.74, 6) is 0. The number of aliphatic hydroxyl groups excluding tert-OH is 1. The van der Waals surface area contributed by atoms with Gasteiger partial charge in [-0.25, -0.2) is 4.79 Å². The molecule has 0 unspecified atom stereocenters. The van der Waals surface area contributed by atoms with Crippen molar-refractivity contribution in [2.24, 2.45) is 0 Å². The van der Waals surface area contributed by atoms with E-state index < -0.39 is 0 Å². The highest BCUT2D eigenvalue weighted by atomic mass is 16.3. The number of nitrogens with one attached hydrogen (secondary N) is 1. The van der Waals surface area contributed by atoms with Gasteiger partial charge in [-0.2, -0.15) is 0 Å². The van der Waals surface area contributed by atoms with E-state index in [0.29, 0.717) is 12.6 Å². The molecule has 1 aliphatic carbocycles. The number of carbonyl (C=O) groups is 1. The third-order valence-corrected chi connectivity index (χ3v) is 4.31. The zero-order chi connectivity index (χ0) is 16.8. The van der Waals surface area contributed by atoms with Crippen LogP contribution >= 0.6 is 0 Å². The van der Waals surface area contributed by atoms with Gasteiger partial charge in [0.25, 0.3) is 0 Å². The van der Waals surface area contributed by atoms with Gasteiger partial charge in [0.2, 0.25) is 0 Å². The lowest BCUT2D eigenvalue weighted by molar-refractivity contribution is 0.204. The Hall–Kier alpha value is -2.33. The van der Waals surface area contributed by atoms with Gasteiger partial charge in [-0.15, -0.1) is 0 Å². The quantitative estimate of drug-likeness (QED) is 0.753. The van der Waals surface area contributed by atoms with Crippen molar-refractivity contribution in [1.29, 1.82) is 0 Å². The second-order valence-corrected chi connectivity index (χ2v) is 6.20. The Labute approximate surface area is 143 Å². The van der Waals surface area contributed by atoms with E-state index in [-0.39, 0.29) is 12.6 Å². The number of unbranched alkanes of at least 4 members (excludes halogenated alkanes) is 1. The number of anilines is 1. The van der Waals surface area contributed by atoms with Crippen LogP contribution in [0.4, 0.5) is 10.5 Å². The van der Waals surface area contributed by atoms with E-state index >= 15 is 0 Å².